The average molecular weight is 274 g/mol. The van der Waals surface area contributed by atoms with Crippen LogP contribution < -0.4 is 5.32 Å². The second kappa shape index (κ2) is 6.51. The summed E-state index contributed by atoms with van der Waals surface area (Å²) in [7, 11) is 0. The molecule has 0 spiro atoms. The van der Waals surface area contributed by atoms with Crippen LogP contribution in [-0.2, 0) is 9.59 Å². The maximum atomic E-state index is 11.4. The van der Waals surface area contributed by atoms with Gasteiger partial charge in [-0.3, -0.25) is 4.79 Å². The van der Waals surface area contributed by atoms with Crippen LogP contribution in [0.5, 0.6) is 0 Å². The molecule has 0 fully saturated rings. The highest BCUT2D eigenvalue weighted by molar-refractivity contribution is 7.99. The zero-order valence-corrected chi connectivity index (χ0v) is 10.7. The number of carbonyl (C=O) groups excluding carboxylic acids is 1. The van der Waals surface area contributed by atoms with Crippen LogP contribution in [0.4, 0.5) is 0 Å². The molecule has 0 aromatic heterocycles. The lowest BCUT2D eigenvalue weighted by atomic mass is 10.1. The summed E-state index contributed by atoms with van der Waals surface area (Å²) >= 11 is 7.05. The molecule has 1 aromatic rings. The normalized spacial score (nSPS) is 11.9. The predicted octanol–water partition coefficient (Wildman–Crippen LogP) is 1.94. The smallest absolute Gasteiger partial charge is 0.330 e. The Morgan fingerprint density at radius 3 is 2.47 bits per heavy atom. The van der Waals surface area contributed by atoms with Crippen LogP contribution in [-0.4, -0.2) is 29.0 Å². The number of carbonyl (C=O) groups is 2. The molecule has 1 atom stereocenters. The lowest BCUT2D eigenvalue weighted by Gasteiger charge is -2.14. The number of nitrogens with one attached hydrogen (secondary N) is 1. The highest BCUT2D eigenvalue weighted by atomic mass is 35.5. The van der Waals surface area contributed by atoms with Gasteiger partial charge in [-0.05, 0) is 24.0 Å². The molecular formula is C11H12ClNO3S. The third-order valence-electron chi connectivity index (χ3n) is 2.03. The summed E-state index contributed by atoms with van der Waals surface area (Å²) in [6.07, 6.45) is 1.78. The zero-order chi connectivity index (χ0) is 12.8. The number of aliphatic carboxylic acids is 1. The number of rotatable bonds is 5. The Morgan fingerprint density at radius 1 is 1.41 bits per heavy atom. The molecule has 0 bridgehead atoms. The van der Waals surface area contributed by atoms with E-state index in [0.29, 0.717) is 10.6 Å². The van der Waals surface area contributed by atoms with Crippen molar-refractivity contribution in [1.29, 1.82) is 0 Å². The molecule has 92 valence electrons. The summed E-state index contributed by atoms with van der Waals surface area (Å²) in [6, 6.07) is 5.31. The number of carboxylic acid groups (broad SMARTS) is 1. The van der Waals surface area contributed by atoms with Crippen molar-refractivity contribution < 1.29 is 14.7 Å². The van der Waals surface area contributed by atoms with Gasteiger partial charge in [0.05, 0.1) is 5.75 Å². The van der Waals surface area contributed by atoms with E-state index in [1.54, 1.807) is 30.5 Å². The van der Waals surface area contributed by atoms with Crippen molar-refractivity contribution in [3.8, 4) is 0 Å². The van der Waals surface area contributed by atoms with Gasteiger partial charge in [-0.1, -0.05) is 23.7 Å². The van der Waals surface area contributed by atoms with Crippen LogP contribution in [0.25, 0.3) is 0 Å². The summed E-state index contributed by atoms with van der Waals surface area (Å²) in [5.74, 6) is -1.17. The molecule has 0 saturated carbocycles. The number of halogens is 1. The number of thioether (sulfide) groups is 1. The molecule has 1 unspecified atom stereocenters. The molecule has 1 rings (SSSR count). The molecule has 0 radical (unpaired) electrons. The van der Waals surface area contributed by atoms with Crippen LogP contribution in [0.1, 0.15) is 11.6 Å². The quantitative estimate of drug-likeness (QED) is 0.860. The van der Waals surface area contributed by atoms with E-state index < -0.39 is 12.0 Å². The Bertz CT molecular complexity index is 408. The summed E-state index contributed by atoms with van der Waals surface area (Å²) < 4.78 is 0. The van der Waals surface area contributed by atoms with E-state index in [1.807, 2.05) is 0 Å². The fourth-order valence-electron chi connectivity index (χ4n) is 1.28. The van der Waals surface area contributed by atoms with Crippen LogP contribution in [0.15, 0.2) is 24.3 Å². The van der Waals surface area contributed by atoms with Crippen molar-refractivity contribution in [2.45, 2.75) is 6.04 Å². The molecule has 2 N–H and O–H groups in total. The van der Waals surface area contributed by atoms with Crippen molar-refractivity contribution in [3.05, 3.63) is 34.9 Å². The van der Waals surface area contributed by atoms with Gasteiger partial charge in [0.2, 0.25) is 5.91 Å². The van der Waals surface area contributed by atoms with Crippen molar-refractivity contribution in [1.82, 2.24) is 5.32 Å². The van der Waals surface area contributed by atoms with Crippen LogP contribution >= 0.6 is 23.4 Å². The highest BCUT2D eigenvalue weighted by Gasteiger charge is 2.21. The number of hydrogen-bond donors (Lipinski definition) is 2. The molecule has 0 heterocycles. The molecule has 0 aliphatic heterocycles. The second-order valence-corrected chi connectivity index (χ2v) is 4.63. The molecule has 4 nitrogen and oxygen atoms in total. The van der Waals surface area contributed by atoms with Gasteiger partial charge in [-0.15, -0.1) is 0 Å². The fraction of sp³-hybridized carbons (Fsp3) is 0.273. The topological polar surface area (TPSA) is 66.4 Å². The summed E-state index contributed by atoms with van der Waals surface area (Å²) in [6.45, 7) is 0. The first-order chi connectivity index (χ1) is 8.04. The minimum absolute atomic E-state index is 0.234. The molecule has 0 aliphatic rings. The zero-order valence-electron chi connectivity index (χ0n) is 9.14. The van der Waals surface area contributed by atoms with Gasteiger partial charge in [-0.2, -0.15) is 11.8 Å². The molecular weight excluding hydrogens is 262 g/mol. The fourth-order valence-corrected chi connectivity index (χ4v) is 1.75. The Kier molecular flexibility index (Phi) is 5.31. The number of benzene rings is 1. The SMILES string of the molecule is CSCC(=O)NC(C(=O)O)c1ccc(Cl)cc1. The van der Waals surface area contributed by atoms with Crippen molar-refractivity contribution in [2.24, 2.45) is 0 Å². The van der Waals surface area contributed by atoms with Gasteiger partial charge in [-0.25, -0.2) is 4.79 Å². The van der Waals surface area contributed by atoms with Gasteiger partial charge >= 0.3 is 5.97 Å². The molecule has 1 amide bonds. The van der Waals surface area contributed by atoms with Crippen molar-refractivity contribution in [2.75, 3.05) is 12.0 Å². The Balaban J connectivity index is 2.82. The third kappa shape index (κ3) is 4.28. The molecule has 17 heavy (non-hydrogen) atoms. The van der Waals surface area contributed by atoms with Crippen LogP contribution in [0.2, 0.25) is 5.02 Å². The van der Waals surface area contributed by atoms with E-state index in [4.69, 9.17) is 16.7 Å². The van der Waals surface area contributed by atoms with E-state index in [-0.39, 0.29) is 11.7 Å². The maximum absolute atomic E-state index is 11.4. The lowest BCUT2D eigenvalue weighted by Crippen LogP contribution is -2.34. The monoisotopic (exact) mass is 273 g/mol. The Morgan fingerprint density at radius 2 is 2.00 bits per heavy atom. The first kappa shape index (κ1) is 13.9. The third-order valence-corrected chi connectivity index (χ3v) is 2.83. The first-order valence-electron chi connectivity index (χ1n) is 4.81. The average Bonchev–Trinajstić information content (AvgIpc) is 2.27. The maximum Gasteiger partial charge on any atom is 0.330 e. The Labute approximate surface area is 108 Å². The van der Waals surface area contributed by atoms with E-state index in [2.05, 4.69) is 5.32 Å². The summed E-state index contributed by atoms with van der Waals surface area (Å²) in [4.78, 5) is 22.4. The van der Waals surface area contributed by atoms with Gasteiger partial charge in [0, 0.05) is 5.02 Å². The van der Waals surface area contributed by atoms with Gasteiger partial charge in [0.1, 0.15) is 0 Å². The minimum Gasteiger partial charge on any atom is -0.479 e. The number of amides is 1. The standard InChI is InChI=1S/C11H12ClNO3S/c1-17-6-9(14)13-10(11(15)16)7-2-4-8(12)5-3-7/h2-5,10H,6H2,1H3,(H,13,14)(H,15,16). The number of carboxylic acids is 1. The van der Waals surface area contributed by atoms with Crippen molar-refractivity contribution >= 4 is 35.2 Å². The van der Waals surface area contributed by atoms with E-state index in [9.17, 15) is 9.59 Å². The highest BCUT2D eigenvalue weighted by Crippen LogP contribution is 2.17. The van der Waals surface area contributed by atoms with Gasteiger partial charge in [0.25, 0.3) is 0 Å². The lowest BCUT2D eigenvalue weighted by molar-refractivity contribution is -0.141. The summed E-state index contributed by atoms with van der Waals surface area (Å²) in [5, 5.41) is 12.0. The predicted molar refractivity (Wildman–Crippen MR) is 68.4 cm³/mol. The van der Waals surface area contributed by atoms with Gasteiger partial charge in [0.15, 0.2) is 6.04 Å². The van der Waals surface area contributed by atoms with Crippen molar-refractivity contribution in [3.63, 3.8) is 0 Å². The molecule has 6 heteroatoms. The van der Waals surface area contributed by atoms with Crippen LogP contribution in [0, 0.1) is 0 Å². The Hall–Kier alpha value is -1.20. The van der Waals surface area contributed by atoms with E-state index in [1.165, 1.54) is 11.8 Å². The van der Waals surface area contributed by atoms with E-state index >= 15 is 0 Å². The number of hydrogen-bond acceptors (Lipinski definition) is 3. The minimum atomic E-state index is -1.10. The molecule has 0 aliphatic carbocycles. The largest absolute Gasteiger partial charge is 0.479 e. The van der Waals surface area contributed by atoms with Crippen LogP contribution in [0.3, 0.4) is 0 Å². The summed E-state index contributed by atoms with van der Waals surface area (Å²) in [5.41, 5.74) is 0.497. The molecule has 0 saturated heterocycles. The van der Waals surface area contributed by atoms with Gasteiger partial charge < -0.3 is 10.4 Å². The first-order valence-corrected chi connectivity index (χ1v) is 6.58. The molecule has 1 aromatic carbocycles. The second-order valence-electron chi connectivity index (χ2n) is 3.32. The van der Waals surface area contributed by atoms with E-state index in [0.717, 1.165) is 0 Å².